The lowest BCUT2D eigenvalue weighted by Crippen LogP contribution is -2.32. The number of carbonyl (C=O) groups is 1. The van der Waals surface area contributed by atoms with Crippen molar-refractivity contribution in [1.29, 1.82) is 0 Å². The first-order valence-corrected chi connectivity index (χ1v) is 10.2. The van der Waals surface area contributed by atoms with E-state index in [0.29, 0.717) is 5.92 Å². The SMILES string of the molecule is CCC1CC([C@@H](O)C=C[C@H]2[C@H](O)CC(=O)[C@@H]2CCCCCCCO)C1. The van der Waals surface area contributed by atoms with E-state index in [1.807, 2.05) is 12.2 Å². The molecule has 0 heterocycles. The Labute approximate surface area is 152 Å². The Hall–Kier alpha value is -0.710. The molecular weight excluding hydrogens is 316 g/mol. The van der Waals surface area contributed by atoms with Gasteiger partial charge in [0.15, 0.2) is 0 Å². The van der Waals surface area contributed by atoms with Crippen LogP contribution in [0.3, 0.4) is 0 Å². The molecule has 0 radical (unpaired) electrons. The van der Waals surface area contributed by atoms with Gasteiger partial charge in [0, 0.05) is 24.9 Å². The molecule has 0 aromatic carbocycles. The fourth-order valence-electron chi connectivity index (χ4n) is 4.40. The molecule has 4 atom stereocenters. The molecule has 2 rings (SSSR count). The van der Waals surface area contributed by atoms with Gasteiger partial charge in [-0.05, 0) is 37.5 Å². The van der Waals surface area contributed by atoms with E-state index in [-0.39, 0.29) is 30.6 Å². The second-order valence-corrected chi connectivity index (χ2v) is 8.08. The van der Waals surface area contributed by atoms with Gasteiger partial charge in [-0.1, -0.05) is 51.2 Å². The van der Waals surface area contributed by atoms with Crippen LogP contribution in [0.25, 0.3) is 0 Å². The van der Waals surface area contributed by atoms with Gasteiger partial charge < -0.3 is 15.3 Å². The summed E-state index contributed by atoms with van der Waals surface area (Å²) in [4.78, 5) is 12.2. The molecule has 3 N–H and O–H groups in total. The molecule has 0 amide bonds. The molecule has 0 aromatic rings. The number of carbonyl (C=O) groups excluding carboxylic acids is 1. The molecule has 0 bridgehead atoms. The molecule has 0 aliphatic heterocycles. The van der Waals surface area contributed by atoms with Crippen LogP contribution in [0.1, 0.15) is 71.1 Å². The maximum Gasteiger partial charge on any atom is 0.139 e. The molecule has 0 saturated heterocycles. The van der Waals surface area contributed by atoms with Crippen molar-refractivity contribution in [2.24, 2.45) is 23.7 Å². The highest BCUT2D eigenvalue weighted by Gasteiger charge is 2.40. The van der Waals surface area contributed by atoms with Crippen LogP contribution in [0.5, 0.6) is 0 Å². The van der Waals surface area contributed by atoms with E-state index in [9.17, 15) is 15.0 Å². The average molecular weight is 353 g/mol. The largest absolute Gasteiger partial charge is 0.396 e. The zero-order valence-corrected chi connectivity index (χ0v) is 15.6. The summed E-state index contributed by atoms with van der Waals surface area (Å²) in [6.07, 6.45) is 12.2. The molecule has 144 valence electrons. The number of hydrogen-bond acceptors (Lipinski definition) is 4. The number of unbranched alkanes of at least 4 members (excludes halogenated alkanes) is 4. The van der Waals surface area contributed by atoms with E-state index in [1.54, 1.807) is 0 Å². The number of rotatable bonds is 11. The van der Waals surface area contributed by atoms with Gasteiger partial charge in [0.1, 0.15) is 5.78 Å². The van der Waals surface area contributed by atoms with Gasteiger partial charge in [-0.25, -0.2) is 0 Å². The topological polar surface area (TPSA) is 77.8 Å². The van der Waals surface area contributed by atoms with Crippen molar-refractivity contribution in [3.63, 3.8) is 0 Å². The number of aliphatic hydroxyl groups is 3. The Morgan fingerprint density at radius 1 is 1.16 bits per heavy atom. The minimum Gasteiger partial charge on any atom is -0.396 e. The van der Waals surface area contributed by atoms with E-state index in [2.05, 4.69) is 6.92 Å². The Balaban J connectivity index is 1.78. The summed E-state index contributed by atoms with van der Waals surface area (Å²) in [5.74, 6) is 1.04. The number of ketones is 1. The third-order valence-corrected chi connectivity index (χ3v) is 6.27. The molecule has 4 heteroatoms. The fraction of sp³-hybridized carbons (Fsp3) is 0.857. The monoisotopic (exact) mass is 352 g/mol. The second-order valence-electron chi connectivity index (χ2n) is 8.08. The van der Waals surface area contributed by atoms with E-state index >= 15 is 0 Å². The van der Waals surface area contributed by atoms with Crippen LogP contribution in [0.4, 0.5) is 0 Å². The number of hydrogen-bond donors (Lipinski definition) is 3. The van der Waals surface area contributed by atoms with Crippen molar-refractivity contribution in [3.8, 4) is 0 Å². The maximum atomic E-state index is 12.2. The molecule has 0 unspecified atom stereocenters. The third-order valence-electron chi connectivity index (χ3n) is 6.27. The van der Waals surface area contributed by atoms with Crippen molar-refractivity contribution in [3.05, 3.63) is 12.2 Å². The summed E-state index contributed by atoms with van der Waals surface area (Å²) >= 11 is 0. The molecule has 2 fully saturated rings. The van der Waals surface area contributed by atoms with Crippen molar-refractivity contribution in [2.45, 2.75) is 83.3 Å². The number of Topliss-reactive ketones (excluding diaryl/α,β-unsaturated/α-hetero) is 1. The predicted octanol–water partition coefficient (Wildman–Crippen LogP) is 3.24. The van der Waals surface area contributed by atoms with Crippen molar-refractivity contribution in [1.82, 2.24) is 0 Å². The smallest absolute Gasteiger partial charge is 0.139 e. The molecule has 2 aliphatic rings. The van der Waals surface area contributed by atoms with Crippen molar-refractivity contribution < 1.29 is 20.1 Å². The van der Waals surface area contributed by atoms with Crippen molar-refractivity contribution in [2.75, 3.05) is 6.61 Å². The van der Waals surface area contributed by atoms with Gasteiger partial charge >= 0.3 is 0 Å². The number of aliphatic hydroxyl groups excluding tert-OH is 3. The summed E-state index contributed by atoms with van der Waals surface area (Å²) in [5.41, 5.74) is 0. The van der Waals surface area contributed by atoms with Crippen LogP contribution in [-0.2, 0) is 4.79 Å². The summed E-state index contributed by atoms with van der Waals surface area (Å²) < 4.78 is 0. The van der Waals surface area contributed by atoms with Gasteiger partial charge in [-0.15, -0.1) is 0 Å². The molecule has 25 heavy (non-hydrogen) atoms. The molecule has 0 spiro atoms. The van der Waals surface area contributed by atoms with E-state index in [1.165, 1.54) is 6.42 Å². The zero-order valence-electron chi connectivity index (χ0n) is 15.6. The third kappa shape index (κ3) is 5.90. The maximum absolute atomic E-state index is 12.2. The first-order chi connectivity index (χ1) is 12.1. The lowest BCUT2D eigenvalue weighted by Gasteiger charge is -2.37. The van der Waals surface area contributed by atoms with Crippen LogP contribution in [0.2, 0.25) is 0 Å². The minimum absolute atomic E-state index is 0.0962. The summed E-state index contributed by atoms with van der Waals surface area (Å²) in [6, 6.07) is 0. The molecule has 4 nitrogen and oxygen atoms in total. The van der Waals surface area contributed by atoms with Crippen LogP contribution < -0.4 is 0 Å². The second kappa shape index (κ2) is 10.4. The van der Waals surface area contributed by atoms with E-state index in [4.69, 9.17) is 5.11 Å². The van der Waals surface area contributed by atoms with Gasteiger partial charge in [0.25, 0.3) is 0 Å². The van der Waals surface area contributed by atoms with Crippen LogP contribution in [-0.4, -0.2) is 39.9 Å². The Morgan fingerprint density at radius 2 is 1.84 bits per heavy atom. The highest BCUT2D eigenvalue weighted by Crippen LogP contribution is 2.39. The Kier molecular flexibility index (Phi) is 8.60. The molecule has 0 aromatic heterocycles. The fourth-order valence-corrected chi connectivity index (χ4v) is 4.40. The van der Waals surface area contributed by atoms with Crippen molar-refractivity contribution >= 4 is 5.78 Å². The normalized spacial score (nSPS) is 33.8. The lowest BCUT2D eigenvalue weighted by molar-refractivity contribution is -0.121. The Morgan fingerprint density at radius 3 is 2.52 bits per heavy atom. The van der Waals surface area contributed by atoms with Gasteiger partial charge in [-0.3, -0.25) is 4.79 Å². The quantitative estimate of drug-likeness (QED) is 0.394. The van der Waals surface area contributed by atoms with E-state index in [0.717, 1.165) is 57.3 Å². The highest BCUT2D eigenvalue weighted by molar-refractivity contribution is 5.84. The zero-order chi connectivity index (χ0) is 18.2. The minimum atomic E-state index is -0.597. The molecule has 2 saturated carbocycles. The van der Waals surface area contributed by atoms with Gasteiger partial charge in [0.2, 0.25) is 0 Å². The molecule has 2 aliphatic carbocycles. The van der Waals surface area contributed by atoms with Gasteiger partial charge in [-0.2, -0.15) is 0 Å². The predicted molar refractivity (Wildman–Crippen MR) is 99.1 cm³/mol. The van der Waals surface area contributed by atoms with Crippen LogP contribution >= 0.6 is 0 Å². The average Bonchev–Trinajstić information content (AvgIpc) is 2.81. The summed E-state index contributed by atoms with van der Waals surface area (Å²) in [5, 5.41) is 29.3. The van der Waals surface area contributed by atoms with Crippen LogP contribution in [0, 0.1) is 23.7 Å². The standard InChI is InChI=1S/C21H36O4/c1-2-15-12-16(13-15)19(23)10-9-18-17(20(24)14-21(18)25)8-6-4-3-5-7-11-22/h9-10,15-19,21-23,25H,2-8,11-14H2,1H3/t15?,16?,17-,18-,19+,21-/m1/s1. The lowest BCUT2D eigenvalue weighted by atomic mass is 9.70. The van der Waals surface area contributed by atoms with Crippen LogP contribution in [0.15, 0.2) is 12.2 Å². The summed E-state index contributed by atoms with van der Waals surface area (Å²) in [6.45, 7) is 2.44. The van der Waals surface area contributed by atoms with E-state index < -0.39 is 12.2 Å². The van der Waals surface area contributed by atoms with Gasteiger partial charge in [0.05, 0.1) is 12.2 Å². The highest BCUT2D eigenvalue weighted by atomic mass is 16.3. The molecular formula is C21H36O4. The first-order valence-electron chi connectivity index (χ1n) is 10.2. The Bertz CT molecular complexity index is 428. The summed E-state index contributed by atoms with van der Waals surface area (Å²) in [7, 11) is 0. The first kappa shape index (κ1) is 20.6.